The molecule has 172 valence electrons. The molecule has 1 amide bonds. The zero-order valence-electron chi connectivity index (χ0n) is 17.3. The van der Waals surface area contributed by atoms with Crippen LogP contribution in [0.3, 0.4) is 0 Å². The summed E-state index contributed by atoms with van der Waals surface area (Å²) in [7, 11) is -6.69. The Morgan fingerprint density at radius 1 is 1.09 bits per heavy atom. The van der Waals surface area contributed by atoms with Gasteiger partial charge in [0.1, 0.15) is 0 Å². The minimum Gasteiger partial charge on any atom is -0.379 e. The van der Waals surface area contributed by atoms with Gasteiger partial charge in [0.2, 0.25) is 10.0 Å². The number of rotatable bonds is 6. The monoisotopic (exact) mass is 496 g/mol. The lowest BCUT2D eigenvalue weighted by Crippen LogP contribution is -2.40. The maximum Gasteiger partial charge on any atom is 0.256 e. The molecule has 2 heterocycles. The standard InChI is InChI=1S/C21H24N2O6S3/c24-21(19-6-1-2-7-20(19)30-17-8-13-31(25,26)15-17)22-16-4-3-5-18(14-16)32(27,28)23-9-11-29-12-10-23/h1-7,14,17H,8-13,15H2,(H,22,24). The van der Waals surface area contributed by atoms with Crippen LogP contribution in [0.4, 0.5) is 5.69 Å². The highest BCUT2D eigenvalue weighted by Gasteiger charge is 2.30. The van der Waals surface area contributed by atoms with Gasteiger partial charge in [0.15, 0.2) is 9.84 Å². The highest BCUT2D eigenvalue weighted by molar-refractivity contribution is 8.02. The summed E-state index contributed by atoms with van der Waals surface area (Å²) in [6.45, 7) is 1.29. The summed E-state index contributed by atoms with van der Waals surface area (Å²) in [5.74, 6) is -0.103. The third-order valence-corrected chi connectivity index (χ3v) is 10.5. The van der Waals surface area contributed by atoms with Gasteiger partial charge in [-0.05, 0) is 36.8 Å². The first kappa shape index (κ1) is 23.2. The number of sulfonamides is 1. The Bertz CT molecular complexity index is 1210. The number of ether oxygens (including phenoxy) is 1. The molecule has 2 aromatic carbocycles. The molecule has 2 aliphatic rings. The molecule has 0 aromatic heterocycles. The number of amides is 1. The number of carbonyl (C=O) groups excluding carboxylic acids is 1. The number of benzene rings is 2. The Morgan fingerprint density at radius 3 is 2.56 bits per heavy atom. The maximum atomic E-state index is 13.0. The number of hydrogen-bond acceptors (Lipinski definition) is 7. The van der Waals surface area contributed by atoms with Gasteiger partial charge in [-0.15, -0.1) is 11.8 Å². The second-order valence-electron chi connectivity index (χ2n) is 7.64. The molecule has 8 nitrogen and oxygen atoms in total. The third-order valence-electron chi connectivity index (χ3n) is 5.32. The Balaban J connectivity index is 1.51. The van der Waals surface area contributed by atoms with Crippen LogP contribution in [0.25, 0.3) is 0 Å². The van der Waals surface area contributed by atoms with E-state index >= 15 is 0 Å². The van der Waals surface area contributed by atoms with E-state index in [1.807, 2.05) is 0 Å². The molecule has 2 aliphatic heterocycles. The number of nitrogens with one attached hydrogen (secondary N) is 1. The van der Waals surface area contributed by atoms with Crippen molar-refractivity contribution in [3.63, 3.8) is 0 Å². The normalized spacial score (nSPS) is 21.3. The van der Waals surface area contributed by atoms with Crippen molar-refractivity contribution in [2.45, 2.75) is 21.5 Å². The van der Waals surface area contributed by atoms with Crippen molar-refractivity contribution in [1.82, 2.24) is 4.31 Å². The smallest absolute Gasteiger partial charge is 0.256 e. The summed E-state index contributed by atoms with van der Waals surface area (Å²) in [5.41, 5.74) is 0.788. The predicted octanol–water partition coefficient (Wildman–Crippen LogP) is 2.24. The summed E-state index contributed by atoms with van der Waals surface area (Å²) in [6, 6.07) is 13.2. The fraction of sp³-hybridized carbons (Fsp3) is 0.381. The first-order valence-corrected chi connectivity index (χ1v) is 14.3. The van der Waals surface area contributed by atoms with Crippen LogP contribution in [0.5, 0.6) is 0 Å². The van der Waals surface area contributed by atoms with Crippen LogP contribution < -0.4 is 5.32 Å². The molecule has 0 aliphatic carbocycles. The van der Waals surface area contributed by atoms with E-state index in [9.17, 15) is 21.6 Å². The second-order valence-corrected chi connectivity index (χ2v) is 13.1. The fourth-order valence-electron chi connectivity index (χ4n) is 3.66. The summed E-state index contributed by atoms with van der Waals surface area (Å²) < 4.78 is 55.9. The van der Waals surface area contributed by atoms with Crippen LogP contribution in [0.2, 0.25) is 0 Å². The molecule has 1 atom stereocenters. The highest BCUT2D eigenvalue weighted by atomic mass is 32.2. The van der Waals surface area contributed by atoms with Crippen LogP contribution in [-0.4, -0.2) is 70.1 Å². The molecular formula is C21H24N2O6S3. The molecule has 2 fully saturated rings. The minimum absolute atomic E-state index is 0.0871. The average molecular weight is 497 g/mol. The quantitative estimate of drug-likeness (QED) is 0.653. The molecule has 4 rings (SSSR count). The lowest BCUT2D eigenvalue weighted by atomic mass is 10.2. The molecular weight excluding hydrogens is 472 g/mol. The van der Waals surface area contributed by atoms with Gasteiger partial charge in [-0.25, -0.2) is 16.8 Å². The maximum absolute atomic E-state index is 13.0. The SMILES string of the molecule is O=C(Nc1cccc(S(=O)(=O)N2CCOCC2)c1)c1ccccc1SC1CCS(=O)(=O)C1. The van der Waals surface area contributed by atoms with Crippen molar-refractivity contribution >= 4 is 43.2 Å². The van der Waals surface area contributed by atoms with Crippen LogP contribution in [0.1, 0.15) is 16.8 Å². The van der Waals surface area contributed by atoms with Crippen LogP contribution in [0.15, 0.2) is 58.3 Å². The lowest BCUT2D eigenvalue weighted by Gasteiger charge is -2.26. The number of hydrogen-bond donors (Lipinski definition) is 1. The minimum atomic E-state index is -3.68. The van der Waals surface area contributed by atoms with Crippen molar-refractivity contribution in [1.29, 1.82) is 0 Å². The topological polar surface area (TPSA) is 110 Å². The Kier molecular flexibility index (Phi) is 6.91. The Labute approximate surface area is 192 Å². The molecule has 0 bridgehead atoms. The molecule has 0 saturated carbocycles. The molecule has 0 radical (unpaired) electrons. The van der Waals surface area contributed by atoms with Gasteiger partial charge in [0, 0.05) is 28.9 Å². The van der Waals surface area contributed by atoms with Gasteiger partial charge in [-0.2, -0.15) is 4.31 Å². The molecule has 0 spiro atoms. The van der Waals surface area contributed by atoms with E-state index in [1.165, 1.54) is 28.2 Å². The van der Waals surface area contributed by atoms with Crippen molar-refractivity contribution in [2.75, 3.05) is 43.1 Å². The van der Waals surface area contributed by atoms with E-state index in [0.717, 1.165) is 0 Å². The van der Waals surface area contributed by atoms with E-state index in [4.69, 9.17) is 4.74 Å². The number of anilines is 1. The first-order valence-electron chi connectivity index (χ1n) is 10.2. The summed E-state index contributed by atoms with van der Waals surface area (Å²) in [4.78, 5) is 13.8. The number of morpholine rings is 1. The van der Waals surface area contributed by atoms with Crippen LogP contribution in [-0.2, 0) is 24.6 Å². The Morgan fingerprint density at radius 2 is 1.84 bits per heavy atom. The third kappa shape index (κ3) is 5.34. The average Bonchev–Trinajstić information content (AvgIpc) is 3.13. The van der Waals surface area contributed by atoms with Gasteiger partial charge in [0.05, 0.1) is 35.2 Å². The van der Waals surface area contributed by atoms with Crippen molar-refractivity contribution in [2.24, 2.45) is 0 Å². The van der Waals surface area contributed by atoms with E-state index in [1.54, 1.807) is 36.4 Å². The summed E-state index contributed by atoms with van der Waals surface area (Å²) >= 11 is 1.39. The summed E-state index contributed by atoms with van der Waals surface area (Å²) in [5, 5.41) is 2.69. The van der Waals surface area contributed by atoms with Crippen molar-refractivity contribution in [3.05, 3.63) is 54.1 Å². The molecule has 2 aromatic rings. The zero-order chi connectivity index (χ0) is 22.8. The predicted molar refractivity (Wildman–Crippen MR) is 123 cm³/mol. The van der Waals surface area contributed by atoms with Crippen molar-refractivity contribution < 1.29 is 26.4 Å². The van der Waals surface area contributed by atoms with E-state index in [-0.39, 0.29) is 27.6 Å². The van der Waals surface area contributed by atoms with E-state index in [0.29, 0.717) is 48.9 Å². The van der Waals surface area contributed by atoms with Crippen LogP contribution >= 0.6 is 11.8 Å². The largest absolute Gasteiger partial charge is 0.379 e. The number of sulfone groups is 1. The lowest BCUT2D eigenvalue weighted by molar-refractivity contribution is 0.0730. The molecule has 32 heavy (non-hydrogen) atoms. The van der Waals surface area contributed by atoms with E-state index in [2.05, 4.69) is 5.32 Å². The zero-order valence-corrected chi connectivity index (χ0v) is 19.7. The molecule has 1 unspecified atom stereocenters. The molecule has 2 saturated heterocycles. The highest BCUT2D eigenvalue weighted by Crippen LogP contribution is 2.33. The Hall–Kier alpha value is -1.92. The van der Waals surface area contributed by atoms with Crippen molar-refractivity contribution in [3.8, 4) is 0 Å². The fourth-order valence-corrected chi connectivity index (χ4v) is 8.74. The number of nitrogens with zero attached hydrogens (tertiary/aromatic N) is 1. The number of carbonyl (C=O) groups is 1. The van der Waals surface area contributed by atoms with E-state index < -0.39 is 19.9 Å². The second kappa shape index (κ2) is 9.52. The van der Waals surface area contributed by atoms with Gasteiger partial charge < -0.3 is 10.1 Å². The number of thioether (sulfide) groups is 1. The van der Waals surface area contributed by atoms with Gasteiger partial charge in [0.25, 0.3) is 5.91 Å². The van der Waals surface area contributed by atoms with Crippen LogP contribution in [0, 0.1) is 0 Å². The first-order chi connectivity index (χ1) is 15.2. The van der Waals surface area contributed by atoms with Gasteiger partial charge >= 0.3 is 0 Å². The van der Waals surface area contributed by atoms with Gasteiger partial charge in [-0.3, -0.25) is 4.79 Å². The molecule has 1 N–H and O–H groups in total. The molecule has 11 heteroatoms. The summed E-state index contributed by atoms with van der Waals surface area (Å²) in [6.07, 6.45) is 0.560. The van der Waals surface area contributed by atoms with Gasteiger partial charge in [-0.1, -0.05) is 18.2 Å².